The summed E-state index contributed by atoms with van der Waals surface area (Å²) in [6.45, 7) is 1.00. The Morgan fingerprint density at radius 3 is 2.63 bits per heavy atom. The molecular formula is C20H20N4O2S. The molecule has 0 spiro atoms. The standard InChI is InChI=1S/C20H20N4O2S/c25-19(21-11-15-7-3-1-4-8-15)17-13-27-14-24(17)12-18-22-23-20(26-18)16-9-5-2-6-10-16/h1-10,17H,11-14H2,(H,21,25)/t17-/m1/s1. The minimum absolute atomic E-state index is 0.0339. The highest BCUT2D eigenvalue weighted by Gasteiger charge is 2.32. The average Bonchev–Trinajstić information content (AvgIpc) is 3.38. The quantitative estimate of drug-likeness (QED) is 0.709. The first-order valence-corrected chi connectivity index (χ1v) is 9.96. The Kier molecular flexibility index (Phi) is 5.50. The van der Waals surface area contributed by atoms with Crippen LogP contribution in [0, 0.1) is 0 Å². The van der Waals surface area contributed by atoms with E-state index in [0.717, 1.165) is 22.8 Å². The maximum Gasteiger partial charge on any atom is 0.247 e. The third-order valence-corrected chi connectivity index (χ3v) is 5.48. The molecular weight excluding hydrogens is 360 g/mol. The summed E-state index contributed by atoms with van der Waals surface area (Å²) in [4.78, 5) is 14.7. The molecule has 1 aliphatic heterocycles. The van der Waals surface area contributed by atoms with Gasteiger partial charge in [-0.15, -0.1) is 22.0 Å². The van der Waals surface area contributed by atoms with Crippen LogP contribution >= 0.6 is 11.8 Å². The topological polar surface area (TPSA) is 71.3 Å². The van der Waals surface area contributed by atoms with Crippen LogP contribution in [-0.4, -0.2) is 38.7 Å². The van der Waals surface area contributed by atoms with E-state index in [1.165, 1.54) is 0 Å². The van der Waals surface area contributed by atoms with Crippen molar-refractivity contribution in [3.8, 4) is 11.5 Å². The lowest BCUT2D eigenvalue weighted by molar-refractivity contribution is -0.125. The van der Waals surface area contributed by atoms with Crippen molar-refractivity contribution in [2.75, 3.05) is 11.6 Å². The lowest BCUT2D eigenvalue weighted by atomic mass is 10.2. The highest BCUT2D eigenvalue weighted by atomic mass is 32.2. The zero-order chi connectivity index (χ0) is 18.5. The van der Waals surface area contributed by atoms with Crippen molar-refractivity contribution in [1.82, 2.24) is 20.4 Å². The van der Waals surface area contributed by atoms with E-state index in [9.17, 15) is 4.79 Å². The Labute approximate surface area is 162 Å². The fourth-order valence-electron chi connectivity index (χ4n) is 2.97. The van der Waals surface area contributed by atoms with Gasteiger partial charge in [-0.05, 0) is 17.7 Å². The van der Waals surface area contributed by atoms with Crippen molar-refractivity contribution in [2.24, 2.45) is 0 Å². The van der Waals surface area contributed by atoms with Gasteiger partial charge in [-0.25, -0.2) is 0 Å². The smallest absolute Gasteiger partial charge is 0.247 e. The number of benzene rings is 2. The fourth-order valence-corrected chi connectivity index (χ4v) is 4.16. The van der Waals surface area contributed by atoms with Gasteiger partial charge in [0.05, 0.1) is 12.6 Å². The number of thioether (sulfide) groups is 1. The Morgan fingerprint density at radius 1 is 1.11 bits per heavy atom. The zero-order valence-corrected chi connectivity index (χ0v) is 15.6. The molecule has 4 rings (SSSR count). The highest BCUT2D eigenvalue weighted by molar-refractivity contribution is 7.99. The van der Waals surface area contributed by atoms with Gasteiger partial charge in [-0.3, -0.25) is 9.69 Å². The van der Waals surface area contributed by atoms with Crippen LogP contribution in [0.4, 0.5) is 0 Å². The van der Waals surface area contributed by atoms with Gasteiger partial charge in [0.15, 0.2) is 0 Å². The minimum Gasteiger partial charge on any atom is -0.419 e. The third kappa shape index (κ3) is 4.37. The van der Waals surface area contributed by atoms with Crippen molar-refractivity contribution >= 4 is 17.7 Å². The molecule has 0 saturated carbocycles. The van der Waals surface area contributed by atoms with Crippen molar-refractivity contribution < 1.29 is 9.21 Å². The molecule has 1 aromatic heterocycles. The zero-order valence-electron chi connectivity index (χ0n) is 14.7. The lowest BCUT2D eigenvalue weighted by Crippen LogP contribution is -2.44. The summed E-state index contributed by atoms with van der Waals surface area (Å²) in [7, 11) is 0. The number of carbonyl (C=O) groups is 1. The molecule has 27 heavy (non-hydrogen) atoms. The van der Waals surface area contributed by atoms with Crippen LogP contribution in [0.25, 0.3) is 11.5 Å². The maximum absolute atomic E-state index is 12.6. The Hall–Kier alpha value is -2.64. The molecule has 2 heterocycles. The molecule has 6 nitrogen and oxygen atoms in total. The average molecular weight is 380 g/mol. The Morgan fingerprint density at radius 2 is 1.85 bits per heavy atom. The molecule has 1 saturated heterocycles. The summed E-state index contributed by atoms with van der Waals surface area (Å²) in [6.07, 6.45) is 0. The molecule has 138 valence electrons. The van der Waals surface area contributed by atoms with Gasteiger partial charge in [0.25, 0.3) is 0 Å². The molecule has 3 aromatic rings. The predicted molar refractivity (Wildman–Crippen MR) is 105 cm³/mol. The van der Waals surface area contributed by atoms with Crippen molar-refractivity contribution in [1.29, 1.82) is 0 Å². The molecule has 0 bridgehead atoms. The van der Waals surface area contributed by atoms with E-state index in [1.807, 2.05) is 60.7 Å². The maximum atomic E-state index is 12.6. The number of nitrogens with one attached hydrogen (secondary N) is 1. The SMILES string of the molecule is O=C(NCc1ccccc1)[C@H]1CSCN1Cc1nnc(-c2ccccc2)o1. The number of aromatic nitrogens is 2. The van der Waals surface area contributed by atoms with Gasteiger partial charge in [0, 0.05) is 23.7 Å². The molecule has 2 aromatic carbocycles. The van der Waals surface area contributed by atoms with Crippen LogP contribution in [0.5, 0.6) is 0 Å². The van der Waals surface area contributed by atoms with Gasteiger partial charge in [0.2, 0.25) is 17.7 Å². The first-order valence-electron chi connectivity index (χ1n) is 8.81. The van der Waals surface area contributed by atoms with Crippen LogP contribution in [0.2, 0.25) is 0 Å². The molecule has 0 radical (unpaired) electrons. The van der Waals surface area contributed by atoms with E-state index in [-0.39, 0.29) is 11.9 Å². The Bertz CT molecular complexity index is 885. The van der Waals surface area contributed by atoms with E-state index in [2.05, 4.69) is 20.4 Å². The molecule has 7 heteroatoms. The minimum atomic E-state index is -0.189. The monoisotopic (exact) mass is 380 g/mol. The largest absolute Gasteiger partial charge is 0.419 e. The second-order valence-corrected chi connectivity index (χ2v) is 7.33. The summed E-state index contributed by atoms with van der Waals surface area (Å²) in [5.74, 6) is 2.60. The second kappa shape index (κ2) is 8.37. The third-order valence-electron chi connectivity index (χ3n) is 4.41. The number of amides is 1. The summed E-state index contributed by atoms with van der Waals surface area (Å²) >= 11 is 1.74. The van der Waals surface area contributed by atoms with Crippen molar-refractivity contribution in [2.45, 2.75) is 19.1 Å². The van der Waals surface area contributed by atoms with E-state index in [4.69, 9.17) is 4.42 Å². The summed E-state index contributed by atoms with van der Waals surface area (Å²) in [6, 6.07) is 19.4. The van der Waals surface area contributed by atoms with Crippen molar-refractivity contribution in [3.05, 3.63) is 72.1 Å². The number of nitrogens with zero attached hydrogens (tertiary/aromatic N) is 3. The van der Waals surface area contributed by atoms with Gasteiger partial charge >= 0.3 is 0 Å². The van der Waals surface area contributed by atoms with E-state index >= 15 is 0 Å². The van der Waals surface area contributed by atoms with Crippen LogP contribution < -0.4 is 5.32 Å². The van der Waals surface area contributed by atoms with Gasteiger partial charge in [-0.2, -0.15) is 0 Å². The summed E-state index contributed by atoms with van der Waals surface area (Å²) < 4.78 is 5.78. The van der Waals surface area contributed by atoms with Gasteiger partial charge in [0.1, 0.15) is 0 Å². The van der Waals surface area contributed by atoms with Crippen LogP contribution in [0.1, 0.15) is 11.5 Å². The second-order valence-electron chi connectivity index (χ2n) is 6.33. The Balaban J connectivity index is 1.37. The molecule has 1 fully saturated rings. The van der Waals surface area contributed by atoms with Crippen molar-refractivity contribution in [3.63, 3.8) is 0 Å². The number of hydrogen-bond donors (Lipinski definition) is 1. The summed E-state index contributed by atoms with van der Waals surface area (Å²) in [5, 5.41) is 11.3. The van der Waals surface area contributed by atoms with Crippen LogP contribution in [0.15, 0.2) is 65.1 Å². The lowest BCUT2D eigenvalue weighted by Gasteiger charge is -2.21. The molecule has 1 N–H and O–H groups in total. The number of rotatable bonds is 6. The first-order chi connectivity index (χ1) is 13.3. The molecule has 0 aliphatic carbocycles. The predicted octanol–water partition coefficient (Wildman–Crippen LogP) is 2.93. The molecule has 1 aliphatic rings. The van der Waals surface area contributed by atoms with Gasteiger partial charge in [-0.1, -0.05) is 48.5 Å². The molecule has 1 atom stereocenters. The van der Waals surface area contributed by atoms with E-state index in [1.54, 1.807) is 11.8 Å². The van der Waals surface area contributed by atoms with Crippen LogP contribution in [-0.2, 0) is 17.9 Å². The summed E-state index contributed by atoms with van der Waals surface area (Å²) in [5.41, 5.74) is 1.98. The number of hydrogen-bond acceptors (Lipinski definition) is 6. The first kappa shape index (κ1) is 17.8. The van der Waals surface area contributed by atoms with E-state index < -0.39 is 0 Å². The van der Waals surface area contributed by atoms with E-state index in [0.29, 0.717) is 24.9 Å². The fraction of sp³-hybridized carbons (Fsp3) is 0.250. The molecule has 1 amide bonds. The normalized spacial score (nSPS) is 17.1. The van der Waals surface area contributed by atoms with Gasteiger partial charge < -0.3 is 9.73 Å². The highest BCUT2D eigenvalue weighted by Crippen LogP contribution is 2.24. The molecule has 0 unspecified atom stereocenters. The number of carbonyl (C=O) groups excluding carboxylic acids is 1. The van der Waals surface area contributed by atoms with Crippen LogP contribution in [0.3, 0.4) is 0 Å².